The minimum atomic E-state index is -0.662. The van der Waals surface area contributed by atoms with Crippen LogP contribution in [0.1, 0.15) is 121 Å². The van der Waals surface area contributed by atoms with E-state index in [2.05, 4.69) is 135 Å². The highest BCUT2D eigenvalue weighted by Crippen LogP contribution is 2.60. The van der Waals surface area contributed by atoms with Gasteiger partial charge in [0.05, 0.1) is 5.41 Å². The molecule has 0 aliphatic heterocycles. The molecule has 67 heavy (non-hydrogen) atoms. The first-order valence-electron chi connectivity index (χ1n) is 24.6. The van der Waals surface area contributed by atoms with Gasteiger partial charge < -0.3 is 20.9 Å². The van der Waals surface area contributed by atoms with E-state index in [4.69, 9.17) is 20.9 Å². The summed E-state index contributed by atoms with van der Waals surface area (Å²) in [6.45, 7) is 4.47. The molecule has 4 N–H and O–H groups in total. The Bertz CT molecular complexity index is 2870. The molecule has 0 atom stereocenters. The second kappa shape index (κ2) is 18.0. The van der Waals surface area contributed by atoms with Gasteiger partial charge in [-0.1, -0.05) is 136 Å². The van der Waals surface area contributed by atoms with Crippen molar-refractivity contribution in [2.75, 3.05) is 11.5 Å². The van der Waals surface area contributed by atoms with Gasteiger partial charge in [-0.15, -0.1) is 0 Å². The molecule has 0 amide bonds. The van der Waals surface area contributed by atoms with E-state index < -0.39 is 5.41 Å². The lowest BCUT2D eigenvalue weighted by Crippen LogP contribution is -2.31. The maximum Gasteiger partial charge on any atom is 0.127 e. The normalized spacial score (nSPS) is 15.7. The highest BCUT2D eigenvalue weighted by atomic mass is 16.5. The Morgan fingerprint density at radius 2 is 0.716 bits per heavy atom. The third-order valence-corrected chi connectivity index (χ3v) is 15.2. The lowest BCUT2D eigenvalue weighted by atomic mass is 9.62. The zero-order valence-electron chi connectivity index (χ0n) is 38.9. The van der Waals surface area contributed by atoms with Crippen molar-refractivity contribution in [1.82, 2.24) is 0 Å². The van der Waals surface area contributed by atoms with E-state index in [-0.39, 0.29) is 0 Å². The molecular weight excluding hydrogens is 817 g/mol. The molecule has 0 spiro atoms. The number of nitrogens with two attached hydrogens (primary N) is 2. The van der Waals surface area contributed by atoms with Crippen molar-refractivity contribution in [3.05, 3.63) is 214 Å². The zero-order chi connectivity index (χ0) is 45.5. The fraction of sp³-hybridized carbons (Fsp3) is 0.238. The lowest BCUT2D eigenvalue weighted by Gasteiger charge is -2.39. The molecule has 4 heteroatoms. The summed E-state index contributed by atoms with van der Waals surface area (Å²) >= 11 is 0. The van der Waals surface area contributed by atoms with Crippen LogP contribution in [-0.2, 0) is 5.41 Å². The van der Waals surface area contributed by atoms with Crippen LogP contribution in [-0.4, -0.2) is 0 Å². The summed E-state index contributed by atoms with van der Waals surface area (Å²) in [7, 11) is 0. The summed E-state index contributed by atoms with van der Waals surface area (Å²) in [5.41, 5.74) is 30.9. The van der Waals surface area contributed by atoms with E-state index in [0.29, 0.717) is 11.8 Å². The molecule has 2 saturated carbocycles. The third-order valence-electron chi connectivity index (χ3n) is 15.2. The summed E-state index contributed by atoms with van der Waals surface area (Å²) in [4.78, 5) is 0. The predicted octanol–water partition coefficient (Wildman–Crippen LogP) is 16.8. The molecule has 3 aliphatic carbocycles. The van der Waals surface area contributed by atoms with Gasteiger partial charge in [0, 0.05) is 11.4 Å². The molecule has 8 aromatic carbocycles. The number of anilines is 2. The smallest absolute Gasteiger partial charge is 0.127 e. The number of ether oxygens (including phenoxy) is 2. The Morgan fingerprint density at radius 1 is 0.358 bits per heavy atom. The van der Waals surface area contributed by atoms with Gasteiger partial charge in [0.25, 0.3) is 0 Å². The van der Waals surface area contributed by atoms with E-state index in [0.717, 1.165) is 45.5 Å². The average Bonchev–Trinajstić information content (AvgIpc) is 3.67. The average molecular weight is 877 g/mol. The summed E-state index contributed by atoms with van der Waals surface area (Å²) in [5.74, 6) is 4.18. The van der Waals surface area contributed by atoms with E-state index in [1.165, 1.54) is 131 Å². The second-order valence-corrected chi connectivity index (χ2v) is 19.4. The van der Waals surface area contributed by atoms with Gasteiger partial charge in [-0.05, 0) is 202 Å². The number of rotatable bonds is 10. The van der Waals surface area contributed by atoms with Crippen LogP contribution in [0, 0.1) is 13.8 Å². The molecule has 8 aromatic rings. The first kappa shape index (κ1) is 42.6. The molecule has 0 aromatic heterocycles. The molecule has 3 aliphatic rings. The number of fused-ring (bicyclic) bond motifs is 3. The third kappa shape index (κ3) is 7.97. The molecular formula is C63H60N2O2. The Balaban J connectivity index is 1.18. The summed E-state index contributed by atoms with van der Waals surface area (Å²) in [6.07, 6.45) is 12.6. The van der Waals surface area contributed by atoms with Crippen LogP contribution in [0.15, 0.2) is 170 Å². The first-order chi connectivity index (χ1) is 32.8. The zero-order valence-corrected chi connectivity index (χ0v) is 38.9. The van der Waals surface area contributed by atoms with Crippen LogP contribution < -0.4 is 20.9 Å². The minimum Gasteiger partial charge on any atom is -0.457 e. The van der Waals surface area contributed by atoms with E-state index in [1.54, 1.807) is 0 Å². The fourth-order valence-electron chi connectivity index (χ4n) is 11.9. The number of benzene rings is 8. The topological polar surface area (TPSA) is 70.5 Å². The van der Waals surface area contributed by atoms with Gasteiger partial charge in [0.15, 0.2) is 0 Å². The highest BCUT2D eigenvalue weighted by Gasteiger charge is 2.49. The van der Waals surface area contributed by atoms with Crippen molar-refractivity contribution in [1.29, 1.82) is 0 Å². The molecule has 4 nitrogen and oxygen atoms in total. The maximum atomic E-state index is 6.44. The SMILES string of the molecule is Cc1cc(Oc2ccc(N)cc2)ccc1-c1ccc(C2CCCCC2)cc1C1(c2cc(C3CCCCC3)ccc2-c2ccc(Oc3ccc(N)cc3)cc2C)c2ccccc2-c2ccccc21. The Labute approximate surface area is 396 Å². The summed E-state index contributed by atoms with van der Waals surface area (Å²) in [6, 6.07) is 62.2. The van der Waals surface area contributed by atoms with E-state index in [9.17, 15) is 0 Å². The maximum absolute atomic E-state index is 6.44. The van der Waals surface area contributed by atoms with Crippen molar-refractivity contribution in [2.45, 2.75) is 95.3 Å². The molecule has 0 unspecified atom stereocenters. The fourth-order valence-corrected chi connectivity index (χ4v) is 11.9. The Morgan fingerprint density at radius 3 is 1.12 bits per heavy atom. The summed E-state index contributed by atoms with van der Waals surface area (Å²) in [5, 5.41) is 0. The molecule has 334 valence electrons. The monoisotopic (exact) mass is 876 g/mol. The number of hydrogen-bond donors (Lipinski definition) is 2. The number of aryl methyl sites for hydroxylation is 2. The van der Waals surface area contributed by atoms with Gasteiger partial charge in [0.1, 0.15) is 23.0 Å². The predicted molar refractivity (Wildman–Crippen MR) is 278 cm³/mol. The van der Waals surface area contributed by atoms with Crippen molar-refractivity contribution < 1.29 is 9.47 Å². The van der Waals surface area contributed by atoms with Gasteiger partial charge in [-0.2, -0.15) is 0 Å². The van der Waals surface area contributed by atoms with Gasteiger partial charge in [-0.25, -0.2) is 0 Å². The van der Waals surface area contributed by atoms with Crippen molar-refractivity contribution >= 4 is 11.4 Å². The molecule has 11 rings (SSSR count). The van der Waals surface area contributed by atoms with Crippen LogP contribution in [0.25, 0.3) is 33.4 Å². The molecule has 2 fully saturated rings. The van der Waals surface area contributed by atoms with Gasteiger partial charge >= 0.3 is 0 Å². The van der Waals surface area contributed by atoms with Gasteiger partial charge in [0.2, 0.25) is 0 Å². The molecule has 0 heterocycles. The van der Waals surface area contributed by atoms with Crippen molar-refractivity contribution in [2.24, 2.45) is 0 Å². The van der Waals surface area contributed by atoms with E-state index >= 15 is 0 Å². The molecule has 0 bridgehead atoms. The number of hydrogen-bond acceptors (Lipinski definition) is 4. The number of nitrogen functional groups attached to an aromatic ring is 2. The van der Waals surface area contributed by atoms with Crippen LogP contribution in [0.2, 0.25) is 0 Å². The van der Waals surface area contributed by atoms with Crippen molar-refractivity contribution in [3.8, 4) is 56.4 Å². The minimum absolute atomic E-state index is 0.520. The van der Waals surface area contributed by atoms with Crippen LogP contribution in [0.5, 0.6) is 23.0 Å². The van der Waals surface area contributed by atoms with Gasteiger partial charge in [-0.3, -0.25) is 0 Å². The van der Waals surface area contributed by atoms with Crippen molar-refractivity contribution in [3.63, 3.8) is 0 Å². The Kier molecular flexibility index (Phi) is 11.4. The van der Waals surface area contributed by atoms with E-state index in [1.807, 2.05) is 48.5 Å². The van der Waals surface area contributed by atoms with Crippen LogP contribution in [0.4, 0.5) is 11.4 Å². The first-order valence-corrected chi connectivity index (χ1v) is 24.6. The molecule has 0 radical (unpaired) electrons. The molecule has 0 saturated heterocycles. The quantitative estimate of drug-likeness (QED) is 0.134. The van der Waals surface area contributed by atoms with Crippen LogP contribution in [0.3, 0.4) is 0 Å². The standard InChI is InChI=1S/C63H60N2O2/c1-41-37-51(66-49-27-23-47(64)24-28-49)31-35-53(41)57-33-21-45(43-13-5-3-6-14-43)39-61(57)63(59-19-11-9-17-55(59)56-18-10-12-20-60(56)63)62-40-46(44-15-7-4-8-16-44)22-34-58(62)54-36-32-52(38-42(54)2)67-50-29-25-48(65)26-30-50/h9-12,17-40,43-44H,3-8,13-16,64-65H2,1-2H3. The second-order valence-electron chi connectivity index (χ2n) is 19.4. The summed E-state index contributed by atoms with van der Waals surface area (Å²) < 4.78 is 12.9. The lowest BCUT2D eigenvalue weighted by molar-refractivity contribution is 0.443. The largest absolute Gasteiger partial charge is 0.457 e. The van der Waals surface area contributed by atoms with Crippen LogP contribution >= 0.6 is 0 Å². The Hall–Kier alpha value is -7.04. The highest BCUT2D eigenvalue weighted by molar-refractivity contribution is 5.92.